The molecule has 0 bridgehead atoms. The first kappa shape index (κ1) is 17.0. The van der Waals surface area contributed by atoms with Crippen LogP contribution in [0.1, 0.15) is 58.8 Å². The van der Waals surface area contributed by atoms with E-state index >= 15 is 0 Å². The van der Waals surface area contributed by atoms with Crippen molar-refractivity contribution in [1.29, 1.82) is 0 Å². The van der Waals surface area contributed by atoms with Crippen LogP contribution in [0.2, 0.25) is 0 Å². The van der Waals surface area contributed by atoms with Gasteiger partial charge in [-0.2, -0.15) is 5.10 Å². The Kier molecular flexibility index (Phi) is 5.53. The van der Waals surface area contributed by atoms with Crippen LogP contribution in [0.3, 0.4) is 0 Å². The average molecular weight is 356 g/mol. The monoisotopic (exact) mass is 355 g/mol. The average Bonchev–Trinajstić information content (AvgIpc) is 2.98. The van der Waals surface area contributed by atoms with Crippen molar-refractivity contribution in [1.82, 2.24) is 15.1 Å². The van der Waals surface area contributed by atoms with Crippen LogP contribution in [0.5, 0.6) is 0 Å². The lowest BCUT2D eigenvalue weighted by Crippen LogP contribution is -2.36. The summed E-state index contributed by atoms with van der Waals surface area (Å²) in [5.74, 6) is 0.793. The Morgan fingerprint density at radius 3 is 2.52 bits per heavy atom. The molecule has 0 radical (unpaired) electrons. The van der Waals surface area contributed by atoms with Crippen molar-refractivity contribution in [3.8, 4) is 0 Å². The number of nitrogens with zero attached hydrogens (tertiary/aromatic N) is 2. The van der Waals surface area contributed by atoms with Crippen LogP contribution in [0.25, 0.3) is 0 Å². The number of hydrogen-bond acceptors (Lipinski definition) is 2. The molecule has 21 heavy (non-hydrogen) atoms. The normalized spacial score (nSPS) is 21.5. The molecular weight excluding hydrogens is 326 g/mol. The van der Waals surface area contributed by atoms with Crippen LogP contribution in [-0.2, 0) is 19.4 Å². The summed E-state index contributed by atoms with van der Waals surface area (Å²) in [6, 6.07) is 0.572. The van der Waals surface area contributed by atoms with Gasteiger partial charge >= 0.3 is 0 Å². The summed E-state index contributed by atoms with van der Waals surface area (Å²) < 4.78 is 3.41. The van der Waals surface area contributed by atoms with E-state index in [-0.39, 0.29) is 0 Å². The second-order valence-electron chi connectivity index (χ2n) is 6.94. The molecule has 0 aliphatic heterocycles. The van der Waals surface area contributed by atoms with Crippen LogP contribution in [-0.4, -0.2) is 22.4 Å². The first-order valence-electron chi connectivity index (χ1n) is 8.42. The predicted octanol–water partition coefficient (Wildman–Crippen LogP) is 4.18. The number of aromatic nitrogens is 2. The summed E-state index contributed by atoms with van der Waals surface area (Å²) >= 11 is 3.79. The van der Waals surface area contributed by atoms with Crippen molar-refractivity contribution in [3.63, 3.8) is 0 Å². The van der Waals surface area contributed by atoms with E-state index in [2.05, 4.69) is 60.5 Å². The fourth-order valence-electron chi connectivity index (χ4n) is 3.30. The molecule has 1 aromatic rings. The number of rotatable bonds is 8. The van der Waals surface area contributed by atoms with Crippen molar-refractivity contribution in [3.05, 3.63) is 15.9 Å². The Bertz CT molecular complexity index is 479. The number of halogens is 1. The standard InChI is InChI=1S/C17H30BrN3/c1-6-9-19-14(12-11-17(12,4)5)10-15-16(18)13(7-2)20-21(15)8-3/h12,14,19H,6-11H2,1-5H3. The summed E-state index contributed by atoms with van der Waals surface area (Å²) in [6.45, 7) is 13.4. The van der Waals surface area contributed by atoms with Gasteiger partial charge in [0.05, 0.1) is 15.9 Å². The van der Waals surface area contributed by atoms with Gasteiger partial charge in [-0.3, -0.25) is 4.68 Å². The number of hydrogen-bond donors (Lipinski definition) is 1. The molecule has 0 saturated heterocycles. The molecule has 1 aliphatic carbocycles. The Labute approximate surface area is 138 Å². The maximum Gasteiger partial charge on any atom is 0.0766 e. The van der Waals surface area contributed by atoms with E-state index in [1.54, 1.807) is 0 Å². The summed E-state index contributed by atoms with van der Waals surface area (Å²) in [6.07, 6.45) is 4.60. The first-order valence-corrected chi connectivity index (χ1v) is 9.21. The van der Waals surface area contributed by atoms with E-state index < -0.39 is 0 Å². The zero-order chi connectivity index (χ0) is 15.6. The molecule has 1 N–H and O–H groups in total. The van der Waals surface area contributed by atoms with Crippen molar-refractivity contribution in [2.75, 3.05) is 6.54 Å². The quantitative estimate of drug-likeness (QED) is 0.757. The third kappa shape index (κ3) is 3.70. The number of aryl methyl sites for hydroxylation is 2. The summed E-state index contributed by atoms with van der Waals surface area (Å²) in [7, 11) is 0. The molecule has 4 heteroatoms. The SMILES string of the molecule is CCCNC(Cc1c(Br)c(CC)nn1CC)C1CC1(C)C. The van der Waals surface area contributed by atoms with E-state index in [1.165, 1.54) is 28.7 Å². The van der Waals surface area contributed by atoms with Gasteiger partial charge in [0.1, 0.15) is 0 Å². The molecule has 1 aromatic heterocycles. The highest BCUT2D eigenvalue weighted by atomic mass is 79.9. The first-order chi connectivity index (χ1) is 9.94. The Balaban J connectivity index is 2.18. The van der Waals surface area contributed by atoms with E-state index in [1.807, 2.05) is 0 Å². The van der Waals surface area contributed by atoms with Crippen molar-refractivity contribution >= 4 is 15.9 Å². The third-order valence-electron chi connectivity index (χ3n) is 4.84. The lowest BCUT2D eigenvalue weighted by molar-refractivity contribution is 0.393. The molecular formula is C17H30BrN3. The molecule has 0 amide bonds. The van der Waals surface area contributed by atoms with Crippen LogP contribution >= 0.6 is 15.9 Å². The van der Waals surface area contributed by atoms with Gasteiger partial charge in [0.25, 0.3) is 0 Å². The molecule has 0 aromatic carbocycles. The Hall–Kier alpha value is -0.350. The molecule has 2 unspecified atom stereocenters. The van der Waals surface area contributed by atoms with Gasteiger partial charge in [-0.1, -0.05) is 27.7 Å². The number of nitrogens with one attached hydrogen (secondary N) is 1. The maximum atomic E-state index is 4.74. The molecule has 2 atom stereocenters. The van der Waals surface area contributed by atoms with Crippen LogP contribution in [0.15, 0.2) is 4.47 Å². The third-order valence-corrected chi connectivity index (χ3v) is 5.75. The highest BCUT2D eigenvalue weighted by Gasteiger charge is 2.50. The highest BCUT2D eigenvalue weighted by molar-refractivity contribution is 9.10. The minimum Gasteiger partial charge on any atom is -0.313 e. The molecule has 0 spiro atoms. The summed E-state index contributed by atoms with van der Waals surface area (Å²) in [5.41, 5.74) is 3.06. The summed E-state index contributed by atoms with van der Waals surface area (Å²) in [5, 5.41) is 8.52. The molecule has 1 saturated carbocycles. The van der Waals surface area contributed by atoms with Gasteiger partial charge in [-0.25, -0.2) is 0 Å². The highest BCUT2D eigenvalue weighted by Crippen LogP contribution is 2.54. The minimum atomic E-state index is 0.503. The molecule has 120 valence electrons. The van der Waals surface area contributed by atoms with E-state index in [0.29, 0.717) is 11.5 Å². The topological polar surface area (TPSA) is 29.9 Å². The Morgan fingerprint density at radius 2 is 2.05 bits per heavy atom. The van der Waals surface area contributed by atoms with Crippen LogP contribution in [0, 0.1) is 11.3 Å². The van der Waals surface area contributed by atoms with Gasteiger partial charge in [0.2, 0.25) is 0 Å². The second-order valence-corrected chi connectivity index (χ2v) is 7.73. The van der Waals surface area contributed by atoms with Gasteiger partial charge in [-0.05, 0) is 60.0 Å². The van der Waals surface area contributed by atoms with E-state index in [4.69, 9.17) is 5.10 Å². The predicted molar refractivity (Wildman–Crippen MR) is 92.7 cm³/mol. The largest absolute Gasteiger partial charge is 0.313 e. The Morgan fingerprint density at radius 1 is 1.38 bits per heavy atom. The zero-order valence-electron chi connectivity index (χ0n) is 14.2. The van der Waals surface area contributed by atoms with E-state index in [0.717, 1.165) is 31.8 Å². The van der Waals surface area contributed by atoms with E-state index in [9.17, 15) is 0 Å². The van der Waals surface area contributed by atoms with Crippen molar-refractivity contribution in [2.45, 2.75) is 72.9 Å². The van der Waals surface area contributed by atoms with Gasteiger partial charge in [0.15, 0.2) is 0 Å². The molecule has 1 fully saturated rings. The van der Waals surface area contributed by atoms with Gasteiger partial charge in [0, 0.05) is 19.0 Å². The zero-order valence-corrected chi connectivity index (χ0v) is 15.8. The van der Waals surface area contributed by atoms with Gasteiger partial charge in [-0.15, -0.1) is 0 Å². The second kappa shape index (κ2) is 6.82. The lowest BCUT2D eigenvalue weighted by Gasteiger charge is -2.21. The van der Waals surface area contributed by atoms with Crippen LogP contribution in [0.4, 0.5) is 0 Å². The van der Waals surface area contributed by atoms with Crippen LogP contribution < -0.4 is 5.32 Å². The minimum absolute atomic E-state index is 0.503. The fraction of sp³-hybridized carbons (Fsp3) is 0.824. The lowest BCUT2D eigenvalue weighted by atomic mass is 9.99. The van der Waals surface area contributed by atoms with Gasteiger partial charge < -0.3 is 5.32 Å². The molecule has 3 nitrogen and oxygen atoms in total. The van der Waals surface area contributed by atoms with Crippen molar-refractivity contribution < 1.29 is 0 Å². The molecule has 1 aliphatic rings. The van der Waals surface area contributed by atoms with Crippen molar-refractivity contribution in [2.24, 2.45) is 11.3 Å². The molecule has 2 rings (SSSR count). The smallest absolute Gasteiger partial charge is 0.0766 e. The fourth-order valence-corrected chi connectivity index (χ4v) is 4.03. The molecule has 1 heterocycles. The summed E-state index contributed by atoms with van der Waals surface area (Å²) in [4.78, 5) is 0. The maximum absolute atomic E-state index is 4.74.